The predicted octanol–water partition coefficient (Wildman–Crippen LogP) is 5.91. The number of hydrogen-bond acceptors (Lipinski definition) is 3. The molecule has 3 rings (SSSR count). The molecule has 172 valence electrons. The SMILES string of the molecule is C=C1CCC(O)C/C1=C/C=C1\CCC[C@]2(C)C(C(C)/C=C/C(F)(F)S(C)(=O)=O)=CC[C@@H]12. The maximum atomic E-state index is 13.9. The topological polar surface area (TPSA) is 54.4 Å². The first-order valence-corrected chi connectivity index (χ1v) is 13.0. The number of alkyl halides is 2. The highest BCUT2D eigenvalue weighted by molar-refractivity contribution is 7.91. The van der Waals surface area contributed by atoms with Gasteiger partial charge in [0.25, 0.3) is 0 Å². The van der Waals surface area contributed by atoms with E-state index in [1.54, 1.807) is 0 Å². The van der Waals surface area contributed by atoms with Gasteiger partial charge in [0.1, 0.15) is 0 Å². The molecule has 3 aliphatic rings. The van der Waals surface area contributed by atoms with Gasteiger partial charge < -0.3 is 5.11 Å². The summed E-state index contributed by atoms with van der Waals surface area (Å²) in [6.07, 6.45) is 14.7. The zero-order valence-electron chi connectivity index (χ0n) is 18.7. The number of allylic oxidation sites excluding steroid dienone is 7. The number of hydrogen-bond donors (Lipinski definition) is 1. The highest BCUT2D eigenvalue weighted by Crippen LogP contribution is 2.56. The first-order chi connectivity index (χ1) is 14.3. The minimum Gasteiger partial charge on any atom is -0.393 e. The van der Waals surface area contributed by atoms with Crippen LogP contribution in [0, 0.1) is 17.3 Å². The van der Waals surface area contributed by atoms with Crippen LogP contribution >= 0.6 is 0 Å². The lowest BCUT2D eigenvalue weighted by Crippen LogP contribution is -2.32. The molecule has 3 aliphatic carbocycles. The summed E-state index contributed by atoms with van der Waals surface area (Å²) in [5.74, 6) is 0.0646. The fraction of sp³-hybridized carbons (Fsp3) is 0.600. The Morgan fingerprint density at radius 3 is 2.71 bits per heavy atom. The fourth-order valence-corrected chi connectivity index (χ4v) is 5.76. The van der Waals surface area contributed by atoms with Crippen molar-refractivity contribution in [1.82, 2.24) is 0 Å². The number of halogens is 2. The molecule has 0 aromatic heterocycles. The van der Waals surface area contributed by atoms with Gasteiger partial charge in [-0.1, -0.05) is 61.4 Å². The molecule has 0 spiro atoms. The molecule has 0 aromatic carbocycles. The first-order valence-electron chi connectivity index (χ1n) is 11.1. The van der Waals surface area contributed by atoms with Crippen molar-refractivity contribution in [2.75, 3.05) is 6.26 Å². The summed E-state index contributed by atoms with van der Waals surface area (Å²) >= 11 is 0. The molecule has 0 aliphatic heterocycles. The van der Waals surface area contributed by atoms with Crippen LogP contribution in [0.2, 0.25) is 0 Å². The van der Waals surface area contributed by atoms with Crippen molar-refractivity contribution in [3.63, 3.8) is 0 Å². The molecule has 0 aromatic rings. The Hall–Kier alpha value is -1.53. The van der Waals surface area contributed by atoms with E-state index < -0.39 is 15.1 Å². The summed E-state index contributed by atoms with van der Waals surface area (Å²) in [4.78, 5) is 0. The van der Waals surface area contributed by atoms with Gasteiger partial charge in [-0.3, -0.25) is 0 Å². The molecule has 6 heteroatoms. The van der Waals surface area contributed by atoms with E-state index in [0.717, 1.165) is 55.2 Å². The zero-order chi connectivity index (χ0) is 23.0. The van der Waals surface area contributed by atoms with Crippen molar-refractivity contribution in [2.24, 2.45) is 17.3 Å². The summed E-state index contributed by atoms with van der Waals surface area (Å²) in [5, 5.41) is 6.12. The van der Waals surface area contributed by atoms with Crippen LogP contribution in [0.1, 0.15) is 58.8 Å². The molecule has 0 heterocycles. The summed E-state index contributed by atoms with van der Waals surface area (Å²) in [7, 11) is -4.48. The number of aliphatic hydroxyl groups excluding tert-OH is 1. The van der Waals surface area contributed by atoms with E-state index in [-0.39, 0.29) is 17.4 Å². The lowest BCUT2D eigenvalue weighted by molar-refractivity contribution is 0.147. The van der Waals surface area contributed by atoms with Crippen molar-refractivity contribution in [1.29, 1.82) is 0 Å². The Morgan fingerprint density at radius 2 is 2.03 bits per heavy atom. The van der Waals surface area contributed by atoms with Gasteiger partial charge >= 0.3 is 5.25 Å². The Bertz CT molecular complexity index is 955. The van der Waals surface area contributed by atoms with Crippen molar-refractivity contribution in [3.8, 4) is 0 Å². The van der Waals surface area contributed by atoms with Gasteiger partial charge in [0, 0.05) is 6.26 Å². The minimum atomic E-state index is -4.48. The molecule has 1 N–H and O–H groups in total. The van der Waals surface area contributed by atoms with Gasteiger partial charge in [-0.05, 0) is 73.8 Å². The molecule has 0 radical (unpaired) electrons. The van der Waals surface area contributed by atoms with Crippen LogP contribution in [0.25, 0.3) is 0 Å². The Labute approximate surface area is 185 Å². The Kier molecular flexibility index (Phi) is 6.83. The van der Waals surface area contributed by atoms with Gasteiger partial charge in [0.05, 0.1) is 6.10 Å². The van der Waals surface area contributed by atoms with Crippen LogP contribution in [0.4, 0.5) is 8.78 Å². The number of sulfone groups is 1. The van der Waals surface area contributed by atoms with Crippen LogP contribution in [-0.2, 0) is 9.84 Å². The van der Waals surface area contributed by atoms with E-state index in [4.69, 9.17) is 0 Å². The average molecular weight is 453 g/mol. The summed E-state index contributed by atoms with van der Waals surface area (Å²) < 4.78 is 50.4. The maximum absolute atomic E-state index is 13.9. The van der Waals surface area contributed by atoms with Crippen LogP contribution in [-0.4, -0.2) is 31.1 Å². The van der Waals surface area contributed by atoms with E-state index in [9.17, 15) is 22.3 Å². The molecule has 4 atom stereocenters. The van der Waals surface area contributed by atoms with E-state index >= 15 is 0 Å². The monoisotopic (exact) mass is 452 g/mol. The van der Waals surface area contributed by atoms with Gasteiger partial charge in [-0.15, -0.1) is 0 Å². The lowest BCUT2D eigenvalue weighted by atomic mass is 9.62. The normalized spacial score (nSPS) is 33.7. The summed E-state index contributed by atoms with van der Waals surface area (Å²) in [6, 6.07) is 0. The Morgan fingerprint density at radius 1 is 1.32 bits per heavy atom. The second-order valence-corrected chi connectivity index (χ2v) is 11.7. The highest BCUT2D eigenvalue weighted by atomic mass is 32.2. The molecular weight excluding hydrogens is 418 g/mol. The van der Waals surface area contributed by atoms with Gasteiger partial charge in [-0.25, -0.2) is 8.42 Å². The quantitative estimate of drug-likeness (QED) is 0.528. The highest BCUT2D eigenvalue weighted by Gasteiger charge is 2.46. The molecule has 3 nitrogen and oxygen atoms in total. The van der Waals surface area contributed by atoms with E-state index in [1.165, 1.54) is 11.6 Å². The summed E-state index contributed by atoms with van der Waals surface area (Å²) in [6.45, 7) is 8.21. The molecule has 0 amide bonds. The van der Waals surface area contributed by atoms with Crippen LogP contribution < -0.4 is 0 Å². The number of aliphatic hydroxyl groups is 1. The lowest BCUT2D eigenvalue weighted by Gasteiger charge is -2.42. The van der Waals surface area contributed by atoms with Gasteiger partial charge in [0.15, 0.2) is 0 Å². The molecule has 2 saturated carbocycles. The van der Waals surface area contributed by atoms with Crippen molar-refractivity contribution in [3.05, 3.63) is 59.3 Å². The van der Waals surface area contributed by atoms with E-state index in [2.05, 4.69) is 31.7 Å². The predicted molar refractivity (Wildman–Crippen MR) is 121 cm³/mol. The van der Waals surface area contributed by atoms with Crippen LogP contribution in [0.3, 0.4) is 0 Å². The minimum absolute atomic E-state index is 0.115. The van der Waals surface area contributed by atoms with Gasteiger partial charge in [-0.2, -0.15) is 8.78 Å². The third-order valence-corrected chi connectivity index (χ3v) is 8.49. The third kappa shape index (κ3) is 4.95. The molecule has 2 fully saturated rings. The zero-order valence-corrected chi connectivity index (χ0v) is 19.5. The number of fused-ring (bicyclic) bond motifs is 1. The first kappa shape index (κ1) is 24.1. The van der Waals surface area contributed by atoms with E-state index in [1.807, 2.05) is 6.92 Å². The number of rotatable bonds is 5. The van der Waals surface area contributed by atoms with Gasteiger partial charge in [0.2, 0.25) is 9.84 Å². The average Bonchev–Trinajstić information content (AvgIpc) is 3.03. The Balaban J connectivity index is 1.80. The standard InChI is InChI=1S/C25H34F2O3S/c1-17-7-10-21(28)16-20(17)9-8-19-6-5-14-24(3)22(11-12-23(19)24)18(2)13-15-25(26,27)31(4,29)30/h8-9,11,13,15,18,21,23,28H,1,5-7,10,12,14,16H2,2-4H3/b15-13+,19-8+,20-9-/t18?,21?,23-,24+/m0/s1. The molecule has 2 unspecified atom stereocenters. The van der Waals surface area contributed by atoms with E-state index in [0.29, 0.717) is 24.7 Å². The second kappa shape index (κ2) is 8.78. The van der Waals surface area contributed by atoms with Crippen molar-refractivity contribution >= 4 is 9.84 Å². The molecule has 0 saturated heterocycles. The van der Waals surface area contributed by atoms with Crippen LogP contribution in [0.5, 0.6) is 0 Å². The maximum Gasteiger partial charge on any atom is 0.363 e. The van der Waals surface area contributed by atoms with Crippen molar-refractivity contribution in [2.45, 2.75) is 70.2 Å². The third-order valence-electron chi connectivity index (χ3n) is 7.36. The smallest absolute Gasteiger partial charge is 0.363 e. The molecule has 0 bridgehead atoms. The van der Waals surface area contributed by atoms with Crippen LogP contribution in [0.15, 0.2) is 59.3 Å². The van der Waals surface area contributed by atoms with Crippen molar-refractivity contribution < 1.29 is 22.3 Å². The summed E-state index contributed by atoms with van der Waals surface area (Å²) in [5.41, 5.74) is 4.57. The largest absolute Gasteiger partial charge is 0.393 e. The second-order valence-electron chi connectivity index (χ2n) is 9.63. The molecular formula is C25H34F2O3S. The fourth-order valence-electron chi connectivity index (χ4n) is 5.44. The molecule has 31 heavy (non-hydrogen) atoms.